The molecule has 4 nitrogen and oxygen atoms in total. The number of carbonyl (C=O) groups excluding carboxylic acids is 1. The highest BCUT2D eigenvalue weighted by atomic mass is 16.1. The van der Waals surface area contributed by atoms with Crippen molar-refractivity contribution in [2.24, 2.45) is 0 Å². The van der Waals surface area contributed by atoms with E-state index in [9.17, 15) is 4.79 Å². The molecule has 1 aromatic heterocycles. The van der Waals surface area contributed by atoms with Gasteiger partial charge in [0.05, 0.1) is 11.9 Å². The van der Waals surface area contributed by atoms with Gasteiger partial charge in [-0.2, -0.15) is 0 Å². The Bertz CT molecular complexity index is 482. The third kappa shape index (κ3) is 1.66. The fourth-order valence-electron chi connectivity index (χ4n) is 1.61. The molecule has 2 rings (SSSR count). The van der Waals surface area contributed by atoms with Crippen LogP contribution in [0.5, 0.6) is 0 Å². The summed E-state index contributed by atoms with van der Waals surface area (Å²) in [6.07, 6.45) is 2.32. The number of hydrogen-bond donors (Lipinski definition) is 0. The molecule has 0 amide bonds. The zero-order valence-electron chi connectivity index (χ0n) is 8.64. The Kier molecular flexibility index (Phi) is 2.33. The van der Waals surface area contributed by atoms with Crippen LogP contribution in [-0.4, -0.2) is 21.3 Å². The van der Waals surface area contributed by atoms with Gasteiger partial charge < -0.3 is 0 Å². The fourth-order valence-corrected chi connectivity index (χ4v) is 1.61. The first-order chi connectivity index (χ1) is 7.22. The molecule has 76 valence electrons. The monoisotopic (exact) mass is 201 g/mol. The average molecular weight is 201 g/mol. The minimum atomic E-state index is 0.345. The number of para-hydroxylation sites is 1. The third-order valence-corrected chi connectivity index (χ3v) is 2.30. The number of nitrogens with zero attached hydrogens (tertiary/aromatic N) is 3. The lowest BCUT2D eigenvalue weighted by Gasteiger charge is -2.07. The topological polar surface area (TPSA) is 47.8 Å². The van der Waals surface area contributed by atoms with Gasteiger partial charge in [0.1, 0.15) is 5.69 Å². The Morgan fingerprint density at radius 3 is 2.47 bits per heavy atom. The summed E-state index contributed by atoms with van der Waals surface area (Å²) in [5, 5.41) is 7.65. The molecular formula is C11H11N3O. The zero-order valence-corrected chi connectivity index (χ0v) is 8.64. The largest absolute Gasteiger partial charge is 0.296 e. The van der Waals surface area contributed by atoms with Gasteiger partial charge in [-0.1, -0.05) is 23.4 Å². The van der Waals surface area contributed by atoms with Gasteiger partial charge in [-0.15, -0.1) is 5.10 Å². The maximum atomic E-state index is 10.5. The highest BCUT2D eigenvalue weighted by Crippen LogP contribution is 2.17. The minimum Gasteiger partial charge on any atom is -0.296 e. The Hall–Kier alpha value is -1.97. The smallest absolute Gasteiger partial charge is 0.171 e. The molecule has 0 aliphatic rings. The summed E-state index contributed by atoms with van der Waals surface area (Å²) in [5.41, 5.74) is 3.55. The SMILES string of the molecule is Cc1cccc(C)c1-n1cc(C=O)nn1. The first-order valence-electron chi connectivity index (χ1n) is 4.66. The molecule has 1 aromatic carbocycles. The lowest BCUT2D eigenvalue weighted by Crippen LogP contribution is -2.00. The van der Waals surface area contributed by atoms with E-state index >= 15 is 0 Å². The molecule has 1 heterocycles. The second-order valence-electron chi connectivity index (χ2n) is 3.45. The predicted molar refractivity (Wildman–Crippen MR) is 56.2 cm³/mol. The number of aromatic nitrogens is 3. The Labute approximate surface area is 87.5 Å². The van der Waals surface area contributed by atoms with Crippen molar-refractivity contribution < 1.29 is 4.79 Å². The molecular weight excluding hydrogens is 190 g/mol. The van der Waals surface area contributed by atoms with Crippen LogP contribution < -0.4 is 0 Å². The predicted octanol–water partition coefficient (Wildman–Crippen LogP) is 1.70. The van der Waals surface area contributed by atoms with E-state index in [2.05, 4.69) is 10.3 Å². The van der Waals surface area contributed by atoms with E-state index in [1.807, 2.05) is 32.0 Å². The summed E-state index contributed by atoms with van der Waals surface area (Å²) in [6, 6.07) is 6.00. The first kappa shape index (κ1) is 9.58. The van der Waals surface area contributed by atoms with Crippen molar-refractivity contribution >= 4 is 6.29 Å². The van der Waals surface area contributed by atoms with E-state index in [-0.39, 0.29) is 0 Å². The Morgan fingerprint density at radius 1 is 1.27 bits per heavy atom. The Balaban J connectivity index is 2.58. The highest BCUT2D eigenvalue weighted by molar-refractivity contribution is 5.71. The zero-order chi connectivity index (χ0) is 10.8. The summed E-state index contributed by atoms with van der Waals surface area (Å²) in [5.74, 6) is 0. The van der Waals surface area contributed by atoms with Crippen molar-refractivity contribution in [3.8, 4) is 5.69 Å². The molecule has 0 unspecified atom stereocenters. The molecule has 0 radical (unpaired) electrons. The van der Waals surface area contributed by atoms with Crippen LogP contribution in [0.1, 0.15) is 21.6 Å². The first-order valence-corrected chi connectivity index (χ1v) is 4.66. The molecule has 0 atom stereocenters. The van der Waals surface area contributed by atoms with E-state index in [0.29, 0.717) is 12.0 Å². The fraction of sp³-hybridized carbons (Fsp3) is 0.182. The van der Waals surface area contributed by atoms with E-state index in [1.165, 1.54) is 0 Å². The van der Waals surface area contributed by atoms with Crippen LogP contribution in [-0.2, 0) is 0 Å². The quantitative estimate of drug-likeness (QED) is 0.695. The second kappa shape index (κ2) is 3.65. The van der Waals surface area contributed by atoms with Crippen LogP contribution in [0.2, 0.25) is 0 Å². The number of benzene rings is 1. The van der Waals surface area contributed by atoms with Crippen LogP contribution in [0.4, 0.5) is 0 Å². The molecule has 0 spiro atoms. The molecule has 2 aromatic rings. The molecule has 4 heteroatoms. The van der Waals surface area contributed by atoms with Crippen molar-refractivity contribution in [2.75, 3.05) is 0 Å². The molecule has 0 bridgehead atoms. The summed E-state index contributed by atoms with van der Waals surface area (Å²) in [7, 11) is 0. The van der Waals surface area contributed by atoms with Gasteiger partial charge in [-0.05, 0) is 25.0 Å². The molecule has 0 saturated heterocycles. The van der Waals surface area contributed by atoms with E-state index in [0.717, 1.165) is 16.8 Å². The molecule has 0 fully saturated rings. The number of aldehydes is 1. The van der Waals surface area contributed by atoms with Gasteiger partial charge in [-0.3, -0.25) is 4.79 Å². The lowest BCUT2D eigenvalue weighted by atomic mass is 10.1. The van der Waals surface area contributed by atoms with Crippen LogP contribution in [0.25, 0.3) is 5.69 Å². The van der Waals surface area contributed by atoms with Gasteiger partial charge in [0.15, 0.2) is 6.29 Å². The summed E-state index contributed by atoms with van der Waals surface area (Å²) < 4.78 is 1.63. The number of aryl methyl sites for hydroxylation is 2. The molecule has 0 aliphatic carbocycles. The van der Waals surface area contributed by atoms with Crippen molar-refractivity contribution in [1.82, 2.24) is 15.0 Å². The van der Waals surface area contributed by atoms with E-state index < -0.39 is 0 Å². The highest BCUT2D eigenvalue weighted by Gasteiger charge is 2.06. The normalized spacial score (nSPS) is 10.3. The van der Waals surface area contributed by atoms with Crippen molar-refractivity contribution in [2.45, 2.75) is 13.8 Å². The van der Waals surface area contributed by atoms with Crippen LogP contribution in [0, 0.1) is 13.8 Å². The maximum absolute atomic E-state index is 10.5. The lowest BCUT2D eigenvalue weighted by molar-refractivity contribution is 0.111. The molecule has 0 aliphatic heterocycles. The minimum absolute atomic E-state index is 0.345. The molecule has 0 saturated carbocycles. The van der Waals surface area contributed by atoms with Crippen LogP contribution in [0.3, 0.4) is 0 Å². The van der Waals surface area contributed by atoms with E-state index in [1.54, 1.807) is 10.9 Å². The summed E-state index contributed by atoms with van der Waals surface area (Å²) in [4.78, 5) is 10.5. The van der Waals surface area contributed by atoms with Gasteiger partial charge in [0.2, 0.25) is 0 Å². The third-order valence-electron chi connectivity index (χ3n) is 2.30. The van der Waals surface area contributed by atoms with Crippen molar-refractivity contribution in [3.63, 3.8) is 0 Å². The number of hydrogen-bond acceptors (Lipinski definition) is 3. The average Bonchev–Trinajstić information content (AvgIpc) is 2.66. The molecule has 15 heavy (non-hydrogen) atoms. The van der Waals surface area contributed by atoms with Crippen molar-refractivity contribution in [1.29, 1.82) is 0 Å². The standard InChI is InChI=1S/C11H11N3O/c1-8-4-3-5-9(2)11(8)14-6-10(7-15)12-13-14/h3-7H,1-2H3. The van der Waals surface area contributed by atoms with Gasteiger partial charge in [-0.25, -0.2) is 4.68 Å². The van der Waals surface area contributed by atoms with Gasteiger partial charge >= 0.3 is 0 Å². The van der Waals surface area contributed by atoms with Gasteiger partial charge in [0.25, 0.3) is 0 Å². The summed E-state index contributed by atoms with van der Waals surface area (Å²) >= 11 is 0. The van der Waals surface area contributed by atoms with Crippen LogP contribution >= 0.6 is 0 Å². The second-order valence-corrected chi connectivity index (χ2v) is 3.45. The van der Waals surface area contributed by atoms with Gasteiger partial charge in [0, 0.05) is 0 Å². The Morgan fingerprint density at radius 2 is 1.93 bits per heavy atom. The van der Waals surface area contributed by atoms with E-state index in [4.69, 9.17) is 0 Å². The molecule has 0 N–H and O–H groups in total. The van der Waals surface area contributed by atoms with Crippen LogP contribution in [0.15, 0.2) is 24.4 Å². The number of rotatable bonds is 2. The number of carbonyl (C=O) groups is 1. The summed E-state index contributed by atoms with van der Waals surface area (Å²) in [6.45, 7) is 4.01. The van der Waals surface area contributed by atoms with Crippen molar-refractivity contribution in [3.05, 3.63) is 41.2 Å². The maximum Gasteiger partial charge on any atom is 0.171 e.